The summed E-state index contributed by atoms with van der Waals surface area (Å²) in [5.74, 6) is -0.508. The maximum absolute atomic E-state index is 12.3. The van der Waals surface area contributed by atoms with Crippen molar-refractivity contribution in [3.8, 4) is 6.07 Å². The number of carbonyl (C=O) groups is 2. The third-order valence-electron chi connectivity index (χ3n) is 4.39. The quantitative estimate of drug-likeness (QED) is 0.775. The SMILES string of the molecule is CN1C(=O)[C@@H](O)[C@H]2CN(C(=O)Nc3ccc(C#N)cc3)C[C@H]21. The van der Waals surface area contributed by atoms with E-state index < -0.39 is 6.10 Å². The van der Waals surface area contributed by atoms with Crippen LogP contribution in [0, 0.1) is 17.2 Å². The van der Waals surface area contributed by atoms with Gasteiger partial charge in [0.15, 0.2) is 0 Å². The number of urea groups is 1. The Morgan fingerprint density at radius 1 is 1.36 bits per heavy atom. The molecule has 0 spiro atoms. The Kier molecular flexibility index (Phi) is 3.47. The number of amides is 3. The maximum atomic E-state index is 12.3. The molecule has 0 aromatic heterocycles. The summed E-state index contributed by atoms with van der Waals surface area (Å²) in [5.41, 5.74) is 1.13. The van der Waals surface area contributed by atoms with Gasteiger partial charge < -0.3 is 20.2 Å². The van der Waals surface area contributed by atoms with Crippen LogP contribution in [-0.2, 0) is 4.79 Å². The lowest BCUT2D eigenvalue weighted by molar-refractivity contribution is -0.135. The standard InChI is InChI=1S/C15H16N4O3/c1-18-12-8-19(7-11(12)13(20)14(18)21)15(22)17-10-4-2-9(6-16)3-5-10/h2-5,11-13,20H,7-8H2,1H3,(H,17,22)/t11-,12+,13-/m0/s1. The van der Waals surface area contributed by atoms with Crippen molar-refractivity contribution in [2.45, 2.75) is 12.1 Å². The van der Waals surface area contributed by atoms with E-state index in [2.05, 4.69) is 5.32 Å². The Hall–Kier alpha value is -2.59. The highest BCUT2D eigenvalue weighted by Crippen LogP contribution is 2.31. The van der Waals surface area contributed by atoms with Crippen LogP contribution in [0.2, 0.25) is 0 Å². The van der Waals surface area contributed by atoms with Crippen molar-refractivity contribution in [2.24, 2.45) is 5.92 Å². The Labute approximate surface area is 127 Å². The Bertz CT molecular complexity index is 632. The number of fused-ring (bicyclic) bond motifs is 1. The second-order valence-corrected chi connectivity index (χ2v) is 5.65. The molecule has 2 saturated heterocycles. The number of anilines is 1. The van der Waals surface area contributed by atoms with E-state index >= 15 is 0 Å². The van der Waals surface area contributed by atoms with Gasteiger partial charge in [0.1, 0.15) is 6.10 Å². The molecule has 1 aromatic carbocycles. The molecule has 3 atom stereocenters. The predicted molar refractivity (Wildman–Crippen MR) is 77.8 cm³/mol. The molecule has 0 bridgehead atoms. The number of benzene rings is 1. The summed E-state index contributed by atoms with van der Waals surface area (Å²) in [5, 5.41) is 21.4. The highest BCUT2D eigenvalue weighted by atomic mass is 16.3. The van der Waals surface area contributed by atoms with E-state index in [0.717, 1.165) is 0 Å². The van der Waals surface area contributed by atoms with Crippen molar-refractivity contribution in [1.82, 2.24) is 9.80 Å². The maximum Gasteiger partial charge on any atom is 0.321 e. The van der Waals surface area contributed by atoms with Crippen molar-refractivity contribution in [3.05, 3.63) is 29.8 Å². The normalized spacial score (nSPS) is 26.8. The minimum Gasteiger partial charge on any atom is -0.383 e. The number of hydrogen-bond acceptors (Lipinski definition) is 4. The van der Waals surface area contributed by atoms with Crippen LogP contribution in [0.1, 0.15) is 5.56 Å². The number of likely N-dealkylation sites (N-methyl/N-ethyl adjacent to an activating group) is 1. The molecule has 7 heteroatoms. The van der Waals surface area contributed by atoms with Gasteiger partial charge in [0.25, 0.3) is 5.91 Å². The third kappa shape index (κ3) is 2.27. The van der Waals surface area contributed by atoms with E-state index in [1.54, 1.807) is 36.2 Å². The fourth-order valence-corrected chi connectivity index (χ4v) is 3.08. The van der Waals surface area contributed by atoms with Gasteiger partial charge in [-0.3, -0.25) is 4.79 Å². The molecule has 114 valence electrons. The molecule has 0 saturated carbocycles. The zero-order chi connectivity index (χ0) is 15.9. The van der Waals surface area contributed by atoms with Gasteiger partial charge in [-0.25, -0.2) is 4.79 Å². The molecule has 7 nitrogen and oxygen atoms in total. The van der Waals surface area contributed by atoms with Crippen LogP contribution in [0.15, 0.2) is 24.3 Å². The number of aliphatic hydroxyl groups excluding tert-OH is 1. The molecule has 1 aromatic rings. The Morgan fingerprint density at radius 3 is 2.64 bits per heavy atom. The van der Waals surface area contributed by atoms with E-state index in [1.165, 1.54) is 4.90 Å². The van der Waals surface area contributed by atoms with E-state index in [1.807, 2.05) is 6.07 Å². The monoisotopic (exact) mass is 300 g/mol. The van der Waals surface area contributed by atoms with Gasteiger partial charge in [0, 0.05) is 31.7 Å². The van der Waals surface area contributed by atoms with Crippen LogP contribution in [0.4, 0.5) is 10.5 Å². The third-order valence-corrected chi connectivity index (χ3v) is 4.39. The first-order valence-corrected chi connectivity index (χ1v) is 7.02. The van der Waals surface area contributed by atoms with E-state index in [9.17, 15) is 14.7 Å². The first-order valence-electron chi connectivity index (χ1n) is 7.02. The lowest BCUT2D eigenvalue weighted by Crippen LogP contribution is -2.40. The van der Waals surface area contributed by atoms with Crippen molar-refractivity contribution in [3.63, 3.8) is 0 Å². The lowest BCUT2D eigenvalue weighted by Gasteiger charge is -2.21. The summed E-state index contributed by atoms with van der Waals surface area (Å²) in [4.78, 5) is 27.1. The Balaban J connectivity index is 1.65. The van der Waals surface area contributed by atoms with Gasteiger partial charge in [0.05, 0.1) is 17.7 Å². The van der Waals surface area contributed by atoms with Crippen LogP contribution >= 0.6 is 0 Å². The zero-order valence-electron chi connectivity index (χ0n) is 12.1. The average Bonchev–Trinajstić information content (AvgIpc) is 3.05. The Morgan fingerprint density at radius 2 is 2.05 bits per heavy atom. The van der Waals surface area contributed by atoms with Gasteiger partial charge in [-0.2, -0.15) is 5.26 Å². The number of carbonyl (C=O) groups excluding carboxylic acids is 2. The highest BCUT2D eigenvalue weighted by molar-refractivity contribution is 5.90. The average molecular weight is 300 g/mol. The molecule has 0 radical (unpaired) electrons. The summed E-state index contributed by atoms with van der Waals surface area (Å²) >= 11 is 0. The molecular formula is C15H16N4O3. The van der Waals surface area contributed by atoms with Gasteiger partial charge in [-0.05, 0) is 24.3 Å². The number of aliphatic hydroxyl groups is 1. The van der Waals surface area contributed by atoms with E-state index in [-0.39, 0.29) is 23.9 Å². The zero-order valence-corrected chi connectivity index (χ0v) is 12.1. The summed E-state index contributed by atoms with van der Waals surface area (Å²) in [6, 6.07) is 8.20. The molecule has 2 fully saturated rings. The van der Waals surface area contributed by atoms with Crippen molar-refractivity contribution in [2.75, 3.05) is 25.5 Å². The van der Waals surface area contributed by atoms with Gasteiger partial charge >= 0.3 is 6.03 Å². The predicted octanol–water partition coefficient (Wildman–Crippen LogP) is 0.223. The molecule has 3 rings (SSSR count). The molecule has 2 N–H and O–H groups in total. The van der Waals surface area contributed by atoms with Gasteiger partial charge in [-0.15, -0.1) is 0 Å². The topological polar surface area (TPSA) is 96.7 Å². The minimum atomic E-state index is -1.03. The fourth-order valence-electron chi connectivity index (χ4n) is 3.08. The molecule has 2 heterocycles. The van der Waals surface area contributed by atoms with Crippen molar-refractivity contribution < 1.29 is 14.7 Å². The van der Waals surface area contributed by atoms with Crippen LogP contribution in [0.25, 0.3) is 0 Å². The first-order chi connectivity index (χ1) is 10.5. The molecule has 22 heavy (non-hydrogen) atoms. The second-order valence-electron chi connectivity index (χ2n) is 5.65. The van der Waals surface area contributed by atoms with Gasteiger partial charge in [-0.1, -0.05) is 0 Å². The van der Waals surface area contributed by atoms with Crippen molar-refractivity contribution >= 4 is 17.6 Å². The molecule has 2 aliphatic rings. The summed E-state index contributed by atoms with van der Waals surface area (Å²) in [7, 11) is 1.65. The number of nitriles is 1. The smallest absolute Gasteiger partial charge is 0.321 e. The van der Waals surface area contributed by atoms with Crippen LogP contribution in [-0.4, -0.2) is 59.1 Å². The van der Waals surface area contributed by atoms with Crippen LogP contribution in [0.3, 0.4) is 0 Å². The lowest BCUT2D eigenvalue weighted by atomic mass is 10.0. The highest BCUT2D eigenvalue weighted by Gasteiger charge is 2.51. The summed E-state index contributed by atoms with van der Waals surface area (Å²) < 4.78 is 0. The number of nitrogens with one attached hydrogen (secondary N) is 1. The van der Waals surface area contributed by atoms with Gasteiger partial charge in [0.2, 0.25) is 0 Å². The summed E-state index contributed by atoms with van der Waals surface area (Å²) in [6.45, 7) is 0.760. The number of nitrogens with zero attached hydrogens (tertiary/aromatic N) is 3. The number of likely N-dealkylation sites (tertiary alicyclic amines) is 2. The largest absolute Gasteiger partial charge is 0.383 e. The van der Waals surface area contributed by atoms with E-state index in [0.29, 0.717) is 24.3 Å². The molecule has 0 aliphatic carbocycles. The molecule has 3 amide bonds. The number of rotatable bonds is 1. The number of hydrogen-bond donors (Lipinski definition) is 2. The van der Waals surface area contributed by atoms with E-state index in [4.69, 9.17) is 5.26 Å². The van der Waals surface area contributed by atoms with Crippen LogP contribution < -0.4 is 5.32 Å². The molecule has 0 unspecified atom stereocenters. The summed E-state index contributed by atoms with van der Waals surface area (Å²) in [6.07, 6.45) is -1.03. The van der Waals surface area contributed by atoms with Crippen LogP contribution in [0.5, 0.6) is 0 Å². The van der Waals surface area contributed by atoms with Crippen molar-refractivity contribution in [1.29, 1.82) is 5.26 Å². The minimum absolute atomic E-state index is 0.130. The second kappa shape index (κ2) is 5.31. The fraction of sp³-hybridized carbons (Fsp3) is 0.400. The first kappa shape index (κ1) is 14.4. The molecule has 2 aliphatic heterocycles. The molecular weight excluding hydrogens is 284 g/mol.